The zero-order valence-corrected chi connectivity index (χ0v) is 23.2. The molecule has 0 bridgehead atoms. The molecule has 1 aromatic carbocycles. The average Bonchev–Trinajstić information content (AvgIpc) is 3.54. The molecule has 40 heavy (non-hydrogen) atoms. The number of halogens is 1. The Kier molecular flexibility index (Phi) is 6.15. The van der Waals surface area contributed by atoms with Crippen LogP contribution in [-0.4, -0.2) is 70.5 Å². The molecule has 0 saturated carbocycles. The van der Waals surface area contributed by atoms with Crippen LogP contribution in [0.25, 0.3) is 5.78 Å². The van der Waals surface area contributed by atoms with E-state index in [0.717, 1.165) is 23.2 Å². The number of nitrogens with zero attached hydrogens (tertiary/aromatic N) is 9. The molecule has 2 atom stereocenters. The van der Waals surface area contributed by atoms with Crippen molar-refractivity contribution >= 4 is 23.8 Å². The Bertz CT molecular complexity index is 1620. The number of alkyl halides is 1. The lowest BCUT2D eigenvalue weighted by molar-refractivity contribution is -0.0108. The van der Waals surface area contributed by atoms with Crippen molar-refractivity contribution in [1.82, 2.24) is 39.5 Å². The molecule has 0 radical (unpaired) electrons. The van der Waals surface area contributed by atoms with Crippen LogP contribution in [0.3, 0.4) is 0 Å². The van der Waals surface area contributed by atoms with Crippen LogP contribution < -0.4 is 0 Å². The molecule has 2 unspecified atom stereocenters. The van der Waals surface area contributed by atoms with E-state index in [2.05, 4.69) is 32.3 Å². The van der Waals surface area contributed by atoms with Crippen LogP contribution in [-0.2, 0) is 16.6 Å². The summed E-state index contributed by atoms with van der Waals surface area (Å²) in [6, 6.07) is 5.49. The lowest BCUT2D eigenvalue weighted by Crippen LogP contribution is -2.52. The highest BCUT2D eigenvalue weighted by Gasteiger charge is 2.37. The third-order valence-corrected chi connectivity index (χ3v) is 7.91. The van der Waals surface area contributed by atoms with Crippen molar-refractivity contribution in [2.45, 2.75) is 70.7 Å². The average molecular weight is 546 g/mol. The Morgan fingerprint density at radius 3 is 2.83 bits per heavy atom. The molecule has 2 aliphatic heterocycles. The summed E-state index contributed by atoms with van der Waals surface area (Å²) < 4.78 is 24.6. The minimum absolute atomic E-state index is 0.0890. The number of rotatable bonds is 6. The first kappa shape index (κ1) is 26.0. The summed E-state index contributed by atoms with van der Waals surface area (Å²) in [5.74, 6) is 0.345. The highest BCUT2D eigenvalue weighted by atomic mass is 19.1. The Morgan fingerprint density at radius 1 is 1.25 bits per heavy atom. The van der Waals surface area contributed by atoms with Gasteiger partial charge in [0.25, 0.3) is 5.78 Å². The van der Waals surface area contributed by atoms with Crippen molar-refractivity contribution in [3.63, 3.8) is 0 Å². The Balaban J connectivity index is 1.17. The summed E-state index contributed by atoms with van der Waals surface area (Å²) >= 11 is 0. The normalized spacial score (nSPS) is 19.9. The van der Waals surface area contributed by atoms with Gasteiger partial charge in [0, 0.05) is 36.5 Å². The zero-order valence-electron chi connectivity index (χ0n) is 23.2. The summed E-state index contributed by atoms with van der Waals surface area (Å²) in [6.07, 6.45) is 6.95. The summed E-state index contributed by atoms with van der Waals surface area (Å²) in [4.78, 5) is 23.0. The molecule has 11 nitrogen and oxygen atoms in total. The number of aromatic nitrogens is 7. The van der Waals surface area contributed by atoms with E-state index in [1.807, 2.05) is 56.2 Å². The quantitative estimate of drug-likeness (QED) is 0.351. The van der Waals surface area contributed by atoms with Gasteiger partial charge in [-0.25, -0.2) is 14.2 Å². The van der Waals surface area contributed by atoms with Crippen LogP contribution in [0.5, 0.6) is 0 Å². The number of hydrogen-bond acceptors (Lipinski definition) is 8. The molecule has 0 spiro atoms. The number of fused-ring (bicyclic) bond motifs is 2. The number of carbonyl (C=O) groups is 1. The second kappa shape index (κ2) is 9.46. The standard InChI is InChI=1S/C28H32FN9O2/c1-6-27(3,4)40-26(39)36-14-21(15-36)37-13-20(12-32-37)28(5)10-19-9-18(7-8-22(19)31-16-28)23(29)24-33-34-25-30-11-17(2)35-38(24)25/h7-9,11-13,16,21,23H,6,10,14-15H2,1-5H3. The van der Waals surface area contributed by atoms with Gasteiger partial charge in [0.05, 0.1) is 29.8 Å². The molecular weight excluding hydrogens is 513 g/mol. The molecule has 208 valence electrons. The third kappa shape index (κ3) is 4.61. The molecule has 1 fully saturated rings. The van der Waals surface area contributed by atoms with Gasteiger partial charge in [-0.05, 0) is 50.8 Å². The van der Waals surface area contributed by atoms with Gasteiger partial charge in [0.15, 0.2) is 12.0 Å². The fourth-order valence-electron chi connectivity index (χ4n) is 4.94. The maximum Gasteiger partial charge on any atom is 0.410 e. The molecule has 12 heteroatoms. The summed E-state index contributed by atoms with van der Waals surface area (Å²) in [7, 11) is 0. The maximum atomic E-state index is 15.7. The second-order valence-corrected chi connectivity index (χ2v) is 11.5. The summed E-state index contributed by atoms with van der Waals surface area (Å²) in [5, 5.41) is 16.9. The number of aryl methyl sites for hydroxylation is 1. The number of amides is 1. The zero-order chi connectivity index (χ0) is 28.2. The summed E-state index contributed by atoms with van der Waals surface area (Å²) in [6.45, 7) is 10.8. The fourth-order valence-corrected chi connectivity index (χ4v) is 4.94. The van der Waals surface area contributed by atoms with Gasteiger partial charge in [0.2, 0.25) is 0 Å². The molecule has 0 N–H and O–H groups in total. The number of benzene rings is 1. The Labute approximate surface area is 231 Å². The van der Waals surface area contributed by atoms with Crippen molar-refractivity contribution in [3.05, 3.63) is 65.0 Å². The van der Waals surface area contributed by atoms with E-state index in [1.54, 1.807) is 24.1 Å². The molecule has 1 saturated heterocycles. The second-order valence-electron chi connectivity index (χ2n) is 11.5. The van der Waals surface area contributed by atoms with Crippen LogP contribution in [0.1, 0.15) is 74.5 Å². The van der Waals surface area contributed by atoms with E-state index in [4.69, 9.17) is 9.73 Å². The van der Waals surface area contributed by atoms with E-state index in [-0.39, 0.29) is 23.7 Å². The van der Waals surface area contributed by atoms with Gasteiger partial charge in [0.1, 0.15) is 5.60 Å². The summed E-state index contributed by atoms with van der Waals surface area (Å²) in [5.41, 5.74) is 2.95. The number of hydrogen-bond donors (Lipinski definition) is 0. The van der Waals surface area contributed by atoms with Crippen LogP contribution in [0, 0.1) is 6.92 Å². The van der Waals surface area contributed by atoms with Crippen molar-refractivity contribution in [3.8, 4) is 0 Å². The van der Waals surface area contributed by atoms with Gasteiger partial charge in [-0.2, -0.15) is 14.7 Å². The lowest BCUT2D eigenvalue weighted by Gasteiger charge is -2.40. The van der Waals surface area contributed by atoms with Crippen molar-refractivity contribution in [2.75, 3.05) is 13.1 Å². The maximum absolute atomic E-state index is 15.7. The Morgan fingerprint density at radius 2 is 2.05 bits per heavy atom. The monoisotopic (exact) mass is 545 g/mol. The minimum Gasteiger partial charge on any atom is -0.443 e. The van der Waals surface area contributed by atoms with Crippen molar-refractivity contribution in [1.29, 1.82) is 0 Å². The smallest absolute Gasteiger partial charge is 0.410 e. The van der Waals surface area contributed by atoms with Crippen molar-refractivity contribution in [2.24, 2.45) is 4.99 Å². The lowest BCUT2D eigenvalue weighted by atomic mass is 9.77. The molecule has 4 aromatic rings. The predicted octanol–water partition coefficient (Wildman–Crippen LogP) is 4.48. The highest BCUT2D eigenvalue weighted by Crippen LogP contribution is 2.38. The topological polar surface area (TPSA) is 116 Å². The van der Waals surface area contributed by atoms with E-state index in [0.29, 0.717) is 30.8 Å². The SMILES string of the molecule is CCC(C)(C)OC(=O)N1CC(n2cc(C3(C)C=Nc4ccc(C(F)c5nnc6ncc(C)nn56)cc4C3)cn2)C1. The van der Waals surface area contributed by atoms with Crippen LogP contribution in [0.4, 0.5) is 14.9 Å². The largest absolute Gasteiger partial charge is 0.443 e. The number of aliphatic imine (C=N–C) groups is 1. The van der Waals surface area contributed by atoms with Gasteiger partial charge >= 0.3 is 6.09 Å². The molecule has 5 heterocycles. The van der Waals surface area contributed by atoms with Gasteiger partial charge in [-0.1, -0.05) is 26.0 Å². The molecule has 6 rings (SSSR count). The van der Waals surface area contributed by atoms with Crippen LogP contribution in [0.2, 0.25) is 0 Å². The molecule has 3 aromatic heterocycles. The van der Waals surface area contributed by atoms with Crippen LogP contribution in [0.15, 0.2) is 41.8 Å². The predicted molar refractivity (Wildman–Crippen MR) is 146 cm³/mol. The van der Waals surface area contributed by atoms with Crippen molar-refractivity contribution < 1.29 is 13.9 Å². The van der Waals surface area contributed by atoms with E-state index in [9.17, 15) is 4.79 Å². The molecule has 0 aliphatic carbocycles. The molecule has 1 amide bonds. The van der Waals surface area contributed by atoms with E-state index < -0.39 is 17.2 Å². The van der Waals surface area contributed by atoms with Gasteiger partial charge < -0.3 is 9.64 Å². The Hall–Kier alpha value is -4.22. The van der Waals surface area contributed by atoms with Gasteiger partial charge in [-0.3, -0.25) is 9.67 Å². The first-order valence-corrected chi connectivity index (χ1v) is 13.4. The van der Waals surface area contributed by atoms with Crippen LogP contribution >= 0.6 is 0 Å². The fraction of sp³-hybridized carbons (Fsp3) is 0.464. The number of ether oxygens (including phenoxy) is 1. The molecular formula is C28H32FN9O2. The highest BCUT2D eigenvalue weighted by molar-refractivity contribution is 5.80. The number of carbonyl (C=O) groups excluding carboxylic acids is 1. The first-order valence-electron chi connectivity index (χ1n) is 13.4. The van der Waals surface area contributed by atoms with Gasteiger partial charge in [-0.15, -0.1) is 10.2 Å². The minimum atomic E-state index is -1.52. The van der Waals surface area contributed by atoms with E-state index >= 15 is 4.39 Å². The molecule has 2 aliphatic rings. The number of likely N-dealkylation sites (tertiary alicyclic amines) is 1. The third-order valence-electron chi connectivity index (χ3n) is 7.91. The first-order chi connectivity index (χ1) is 19.0. The van der Waals surface area contributed by atoms with E-state index in [1.165, 1.54) is 4.52 Å².